The van der Waals surface area contributed by atoms with Gasteiger partial charge in [-0.05, 0) is 54.1 Å². The van der Waals surface area contributed by atoms with E-state index in [9.17, 15) is 18.4 Å². The number of ether oxygens (including phenoxy) is 2. The molecule has 0 radical (unpaired) electrons. The van der Waals surface area contributed by atoms with Gasteiger partial charge in [0.25, 0.3) is 5.91 Å². The second-order valence-electron chi connectivity index (χ2n) is 9.98. The summed E-state index contributed by atoms with van der Waals surface area (Å²) in [5, 5.41) is 8.79. The molecule has 1 saturated heterocycles. The Bertz CT molecular complexity index is 1580. The first-order valence-corrected chi connectivity index (χ1v) is 13.7. The molecule has 3 aromatic carbocycles. The normalized spacial score (nSPS) is 13.0. The summed E-state index contributed by atoms with van der Waals surface area (Å²) in [6, 6.07) is 20.5. The van der Waals surface area contributed by atoms with Crippen LogP contribution < -0.4 is 14.4 Å². The van der Waals surface area contributed by atoms with E-state index in [2.05, 4.69) is 10.2 Å². The van der Waals surface area contributed by atoms with Crippen molar-refractivity contribution in [3.05, 3.63) is 102 Å². The highest BCUT2D eigenvalue weighted by molar-refractivity contribution is 5.96. The standard InChI is InChI=1S/C32H31F2N5O4/c1-42-24-11-12-26(29(19-24)43-2)28-13-14-30(36-35-28)37-15-17-38(18-16-37)31(40)21-39(20-22-7-9-23(33)10-8-22)32(41)25-5-3-4-6-27(25)34/h3-14,19H,15-18,20-21H2,1-2H3. The molecule has 2 amide bonds. The molecule has 1 aromatic heterocycles. The fourth-order valence-electron chi connectivity index (χ4n) is 4.91. The van der Waals surface area contributed by atoms with Gasteiger partial charge in [0.2, 0.25) is 5.91 Å². The lowest BCUT2D eigenvalue weighted by Crippen LogP contribution is -2.52. The minimum Gasteiger partial charge on any atom is -0.497 e. The molecular formula is C32H31F2N5O4. The maximum Gasteiger partial charge on any atom is 0.257 e. The number of piperazine rings is 1. The largest absolute Gasteiger partial charge is 0.497 e. The van der Waals surface area contributed by atoms with Crippen LogP contribution in [0.2, 0.25) is 0 Å². The van der Waals surface area contributed by atoms with E-state index in [0.717, 1.165) is 5.56 Å². The lowest BCUT2D eigenvalue weighted by Gasteiger charge is -2.36. The molecule has 9 nitrogen and oxygen atoms in total. The number of methoxy groups -OCH3 is 2. The molecule has 1 aliphatic heterocycles. The SMILES string of the molecule is COc1ccc(-c2ccc(N3CCN(C(=O)CN(Cc4ccc(F)cc4)C(=O)c4ccccc4F)CC3)nn2)c(OC)c1. The summed E-state index contributed by atoms with van der Waals surface area (Å²) in [4.78, 5) is 31.6. The van der Waals surface area contributed by atoms with Crippen LogP contribution in [0.1, 0.15) is 15.9 Å². The number of amides is 2. The van der Waals surface area contributed by atoms with Crippen LogP contribution in [0, 0.1) is 11.6 Å². The first-order valence-electron chi connectivity index (χ1n) is 13.7. The topological polar surface area (TPSA) is 88.1 Å². The summed E-state index contributed by atoms with van der Waals surface area (Å²) in [5.41, 5.74) is 1.93. The van der Waals surface area contributed by atoms with E-state index in [1.807, 2.05) is 29.2 Å². The highest BCUT2D eigenvalue weighted by atomic mass is 19.1. The average Bonchev–Trinajstić information content (AvgIpc) is 3.05. The number of carbonyl (C=O) groups excluding carboxylic acids is 2. The van der Waals surface area contributed by atoms with Crippen molar-refractivity contribution in [2.24, 2.45) is 0 Å². The molecule has 2 heterocycles. The number of halogens is 2. The summed E-state index contributed by atoms with van der Waals surface area (Å²) in [6.45, 7) is 1.64. The van der Waals surface area contributed by atoms with Crippen molar-refractivity contribution in [1.29, 1.82) is 0 Å². The minimum atomic E-state index is -0.671. The Morgan fingerprint density at radius 3 is 2.26 bits per heavy atom. The van der Waals surface area contributed by atoms with E-state index in [0.29, 0.717) is 54.8 Å². The molecule has 0 saturated carbocycles. The zero-order chi connectivity index (χ0) is 30.3. The highest BCUT2D eigenvalue weighted by Crippen LogP contribution is 2.32. The van der Waals surface area contributed by atoms with Gasteiger partial charge in [-0.1, -0.05) is 24.3 Å². The first-order chi connectivity index (χ1) is 20.9. The van der Waals surface area contributed by atoms with Crippen LogP contribution in [0.3, 0.4) is 0 Å². The van der Waals surface area contributed by atoms with Gasteiger partial charge >= 0.3 is 0 Å². The van der Waals surface area contributed by atoms with Crippen LogP contribution in [0.25, 0.3) is 11.3 Å². The van der Waals surface area contributed by atoms with E-state index in [1.54, 1.807) is 31.3 Å². The third-order valence-electron chi connectivity index (χ3n) is 7.30. The van der Waals surface area contributed by atoms with Gasteiger partial charge in [-0.3, -0.25) is 9.59 Å². The number of nitrogens with zero attached hydrogens (tertiary/aromatic N) is 5. The zero-order valence-corrected chi connectivity index (χ0v) is 23.9. The molecule has 4 aromatic rings. The Kier molecular flexibility index (Phi) is 9.09. The molecule has 5 rings (SSSR count). The van der Waals surface area contributed by atoms with E-state index < -0.39 is 17.5 Å². The Morgan fingerprint density at radius 2 is 1.60 bits per heavy atom. The van der Waals surface area contributed by atoms with Gasteiger partial charge < -0.3 is 24.2 Å². The third-order valence-corrected chi connectivity index (χ3v) is 7.30. The molecule has 43 heavy (non-hydrogen) atoms. The van der Waals surface area contributed by atoms with Gasteiger partial charge in [-0.15, -0.1) is 10.2 Å². The van der Waals surface area contributed by atoms with Crippen LogP contribution in [0.5, 0.6) is 11.5 Å². The van der Waals surface area contributed by atoms with Crippen molar-refractivity contribution >= 4 is 17.6 Å². The fourth-order valence-corrected chi connectivity index (χ4v) is 4.91. The number of anilines is 1. The van der Waals surface area contributed by atoms with Crippen molar-refractivity contribution < 1.29 is 27.8 Å². The average molecular weight is 588 g/mol. The van der Waals surface area contributed by atoms with Crippen LogP contribution in [-0.2, 0) is 11.3 Å². The monoisotopic (exact) mass is 587 g/mol. The molecule has 1 fully saturated rings. The van der Waals surface area contributed by atoms with Crippen molar-refractivity contribution in [2.75, 3.05) is 51.8 Å². The maximum absolute atomic E-state index is 14.5. The number of carbonyl (C=O) groups is 2. The van der Waals surface area contributed by atoms with Crippen LogP contribution in [0.15, 0.2) is 78.9 Å². The number of aromatic nitrogens is 2. The van der Waals surface area contributed by atoms with E-state index in [1.165, 1.54) is 47.4 Å². The molecule has 11 heteroatoms. The van der Waals surface area contributed by atoms with Gasteiger partial charge in [0.05, 0.1) is 25.5 Å². The number of hydrogen-bond donors (Lipinski definition) is 0. The molecule has 222 valence electrons. The Balaban J connectivity index is 1.24. The first kappa shape index (κ1) is 29.4. The fraction of sp³-hybridized carbons (Fsp3) is 0.250. The number of benzene rings is 3. The lowest BCUT2D eigenvalue weighted by atomic mass is 10.1. The van der Waals surface area contributed by atoms with Gasteiger partial charge in [0.1, 0.15) is 29.7 Å². The Hall–Kier alpha value is -5.06. The van der Waals surface area contributed by atoms with Crippen LogP contribution >= 0.6 is 0 Å². The quantitative estimate of drug-likeness (QED) is 0.286. The van der Waals surface area contributed by atoms with Crippen LogP contribution in [-0.4, -0.2) is 78.8 Å². The predicted octanol–water partition coefficient (Wildman–Crippen LogP) is 4.43. The second-order valence-corrected chi connectivity index (χ2v) is 9.98. The van der Waals surface area contributed by atoms with Gasteiger partial charge in [0, 0.05) is 44.4 Å². The van der Waals surface area contributed by atoms with Crippen molar-refractivity contribution in [3.8, 4) is 22.8 Å². The lowest BCUT2D eigenvalue weighted by molar-refractivity contribution is -0.132. The summed E-state index contributed by atoms with van der Waals surface area (Å²) in [7, 11) is 3.17. The summed E-state index contributed by atoms with van der Waals surface area (Å²) >= 11 is 0. The molecule has 0 unspecified atom stereocenters. The molecule has 1 aliphatic rings. The van der Waals surface area contributed by atoms with Crippen molar-refractivity contribution in [1.82, 2.24) is 20.0 Å². The summed E-state index contributed by atoms with van der Waals surface area (Å²) < 4.78 is 38.7. The molecular weight excluding hydrogens is 556 g/mol. The van der Waals surface area contributed by atoms with Crippen LogP contribution in [0.4, 0.5) is 14.6 Å². The van der Waals surface area contributed by atoms with E-state index in [4.69, 9.17) is 9.47 Å². The van der Waals surface area contributed by atoms with Gasteiger partial charge in [-0.25, -0.2) is 8.78 Å². The third kappa shape index (κ3) is 6.88. The number of rotatable bonds is 9. The second kappa shape index (κ2) is 13.3. The molecule has 0 aliphatic carbocycles. The molecule has 0 bridgehead atoms. The smallest absolute Gasteiger partial charge is 0.257 e. The summed E-state index contributed by atoms with van der Waals surface area (Å²) in [6.07, 6.45) is 0. The van der Waals surface area contributed by atoms with Gasteiger partial charge in [0.15, 0.2) is 5.82 Å². The number of hydrogen-bond acceptors (Lipinski definition) is 7. The molecule has 0 atom stereocenters. The van der Waals surface area contributed by atoms with E-state index in [-0.39, 0.29) is 24.6 Å². The van der Waals surface area contributed by atoms with Crippen molar-refractivity contribution in [2.45, 2.75) is 6.54 Å². The Labute approximate surface area is 248 Å². The molecule has 0 N–H and O–H groups in total. The zero-order valence-electron chi connectivity index (χ0n) is 23.9. The van der Waals surface area contributed by atoms with E-state index >= 15 is 0 Å². The highest BCUT2D eigenvalue weighted by Gasteiger charge is 2.27. The molecule has 0 spiro atoms. The maximum atomic E-state index is 14.5. The predicted molar refractivity (Wildman–Crippen MR) is 157 cm³/mol. The van der Waals surface area contributed by atoms with Gasteiger partial charge in [-0.2, -0.15) is 0 Å². The summed E-state index contributed by atoms with van der Waals surface area (Å²) in [5.74, 6) is 0.0108. The minimum absolute atomic E-state index is 0.0278. The Morgan fingerprint density at radius 1 is 0.860 bits per heavy atom. The van der Waals surface area contributed by atoms with Crippen molar-refractivity contribution in [3.63, 3.8) is 0 Å².